The molecule has 0 radical (unpaired) electrons. The van der Waals surface area contributed by atoms with Crippen molar-refractivity contribution >= 4 is 5.91 Å². The van der Waals surface area contributed by atoms with Crippen LogP contribution in [0.15, 0.2) is 24.3 Å². The minimum absolute atomic E-state index is 0.127. The maximum Gasteiger partial charge on any atom is 0.274 e. The minimum atomic E-state index is -0.677. The third-order valence-corrected chi connectivity index (χ3v) is 3.82. The molecule has 1 amide bonds. The Hall–Kier alpha value is -2.78. The molecule has 3 rings (SSSR count). The molecule has 0 bridgehead atoms. The van der Waals surface area contributed by atoms with Crippen LogP contribution in [0.3, 0.4) is 0 Å². The fraction of sp³-hybridized carbons (Fsp3) is 0.312. The first-order valence-electron chi connectivity index (χ1n) is 7.81. The summed E-state index contributed by atoms with van der Waals surface area (Å²) in [6.07, 6.45) is 0. The van der Waals surface area contributed by atoms with Gasteiger partial charge in [0.05, 0.1) is 6.04 Å². The summed E-state index contributed by atoms with van der Waals surface area (Å²) in [4.78, 5) is 20.2. The molecule has 25 heavy (non-hydrogen) atoms. The summed E-state index contributed by atoms with van der Waals surface area (Å²) < 4.78 is 12.9. The Morgan fingerprint density at radius 3 is 2.68 bits per heavy atom. The fourth-order valence-corrected chi connectivity index (χ4v) is 2.48. The van der Waals surface area contributed by atoms with Crippen LogP contribution >= 0.6 is 0 Å². The summed E-state index contributed by atoms with van der Waals surface area (Å²) in [7, 11) is 0. The Balaban J connectivity index is 1.76. The molecular weight excluding hydrogens is 329 g/mol. The molecular formula is C16H18FN5O3. The second kappa shape index (κ2) is 7.41. The van der Waals surface area contributed by atoms with E-state index in [9.17, 15) is 19.4 Å². The number of nitrogens with zero attached hydrogens (tertiary/aromatic N) is 2. The molecule has 1 unspecified atom stereocenters. The molecule has 0 aliphatic carbocycles. The van der Waals surface area contributed by atoms with Gasteiger partial charge in [0.15, 0.2) is 11.5 Å². The number of hydrogen-bond acceptors (Lipinski definition) is 7. The van der Waals surface area contributed by atoms with Crippen LogP contribution in [0.25, 0.3) is 0 Å². The van der Waals surface area contributed by atoms with Crippen LogP contribution in [0, 0.1) is 5.82 Å². The van der Waals surface area contributed by atoms with Crippen LogP contribution in [-0.2, 0) is 6.54 Å². The molecule has 132 valence electrons. The molecule has 9 heteroatoms. The molecule has 8 nitrogen and oxygen atoms in total. The van der Waals surface area contributed by atoms with Crippen molar-refractivity contribution in [1.29, 1.82) is 0 Å². The Bertz CT molecular complexity index is 763. The zero-order valence-electron chi connectivity index (χ0n) is 13.3. The summed E-state index contributed by atoms with van der Waals surface area (Å²) in [5.41, 5.74) is 0.378. The molecule has 1 atom stereocenters. The number of halogens is 1. The maximum atomic E-state index is 12.9. The molecule has 5 N–H and O–H groups in total. The lowest BCUT2D eigenvalue weighted by Gasteiger charge is -2.23. The van der Waals surface area contributed by atoms with Gasteiger partial charge in [-0.2, -0.15) is 4.98 Å². The normalized spacial score (nSPS) is 17.2. The third kappa shape index (κ3) is 4.01. The summed E-state index contributed by atoms with van der Waals surface area (Å²) in [5, 5.41) is 28.6. The predicted octanol–water partition coefficient (Wildman–Crippen LogP) is 0.191. The standard InChI is InChI=1S/C16H18FN5O3/c17-10-3-1-9(2-4-10)7-20-15(24)12-13(23)16(25)22-14(21-12)11-8-18-5-6-19-11/h1-4,11,18-19,23H,5-8H2,(H,20,24)(H,21,22,25). The van der Waals surface area contributed by atoms with Crippen molar-refractivity contribution in [2.75, 3.05) is 19.6 Å². The smallest absolute Gasteiger partial charge is 0.274 e. The summed E-state index contributed by atoms with van der Waals surface area (Å²) >= 11 is 0. The number of nitrogens with one attached hydrogen (secondary N) is 3. The van der Waals surface area contributed by atoms with Gasteiger partial charge in [-0.3, -0.25) is 4.79 Å². The van der Waals surface area contributed by atoms with Crippen LogP contribution in [0.1, 0.15) is 27.9 Å². The third-order valence-electron chi connectivity index (χ3n) is 3.82. The zero-order valence-corrected chi connectivity index (χ0v) is 13.3. The summed E-state index contributed by atoms with van der Waals surface area (Å²) in [6, 6.07) is 5.38. The number of piperazine rings is 1. The number of aromatic hydroxyl groups is 2. The molecule has 1 aromatic carbocycles. The van der Waals surface area contributed by atoms with Gasteiger partial charge in [-0.05, 0) is 17.7 Å². The lowest BCUT2D eigenvalue weighted by atomic mass is 10.2. The molecule has 0 saturated carbocycles. The number of hydrogen-bond donors (Lipinski definition) is 5. The van der Waals surface area contributed by atoms with Crippen LogP contribution in [0.5, 0.6) is 11.6 Å². The zero-order chi connectivity index (χ0) is 17.8. The number of aromatic nitrogens is 2. The summed E-state index contributed by atoms with van der Waals surface area (Å²) in [6.45, 7) is 2.16. The molecule has 1 aromatic heterocycles. The highest BCUT2D eigenvalue weighted by molar-refractivity contribution is 5.95. The van der Waals surface area contributed by atoms with Gasteiger partial charge in [0.1, 0.15) is 5.82 Å². The largest absolute Gasteiger partial charge is 0.501 e. The van der Waals surface area contributed by atoms with E-state index in [0.29, 0.717) is 18.7 Å². The van der Waals surface area contributed by atoms with Crippen molar-refractivity contribution in [3.63, 3.8) is 0 Å². The number of rotatable bonds is 4. The number of carbonyl (C=O) groups excluding carboxylic acids is 1. The van der Waals surface area contributed by atoms with E-state index < -0.39 is 17.5 Å². The Morgan fingerprint density at radius 1 is 1.24 bits per heavy atom. The van der Waals surface area contributed by atoms with E-state index >= 15 is 0 Å². The molecule has 1 aliphatic rings. The van der Waals surface area contributed by atoms with Gasteiger partial charge in [-0.25, -0.2) is 9.37 Å². The number of amides is 1. The van der Waals surface area contributed by atoms with Crippen molar-refractivity contribution in [1.82, 2.24) is 25.9 Å². The number of carbonyl (C=O) groups is 1. The lowest BCUT2D eigenvalue weighted by molar-refractivity contribution is 0.0941. The quantitative estimate of drug-likeness (QED) is 0.536. The van der Waals surface area contributed by atoms with E-state index in [1.54, 1.807) is 0 Å². The second-order valence-corrected chi connectivity index (χ2v) is 5.62. The maximum absolute atomic E-state index is 12.9. The minimum Gasteiger partial charge on any atom is -0.501 e. The SMILES string of the molecule is O=C(NCc1ccc(F)cc1)c1nc(C2CNCCN2)nc(O)c1O. The predicted molar refractivity (Wildman–Crippen MR) is 86.5 cm³/mol. The van der Waals surface area contributed by atoms with Gasteiger partial charge in [-0.15, -0.1) is 0 Å². The van der Waals surface area contributed by atoms with Gasteiger partial charge in [-0.1, -0.05) is 12.1 Å². The van der Waals surface area contributed by atoms with Crippen molar-refractivity contribution in [2.45, 2.75) is 12.6 Å². The van der Waals surface area contributed by atoms with Crippen molar-refractivity contribution in [3.05, 3.63) is 47.2 Å². The number of benzene rings is 1. The lowest BCUT2D eigenvalue weighted by Crippen LogP contribution is -2.43. The van der Waals surface area contributed by atoms with E-state index in [0.717, 1.165) is 6.54 Å². The van der Waals surface area contributed by atoms with Gasteiger partial charge in [0.2, 0.25) is 5.75 Å². The first-order chi connectivity index (χ1) is 12.0. The van der Waals surface area contributed by atoms with Crippen LogP contribution in [0.4, 0.5) is 4.39 Å². The Kier molecular flexibility index (Phi) is 5.05. The Labute approximate surface area is 143 Å². The molecule has 1 saturated heterocycles. The first kappa shape index (κ1) is 17.1. The van der Waals surface area contributed by atoms with Gasteiger partial charge in [0.25, 0.3) is 11.8 Å². The van der Waals surface area contributed by atoms with E-state index in [-0.39, 0.29) is 29.9 Å². The first-order valence-corrected chi connectivity index (χ1v) is 7.81. The van der Waals surface area contributed by atoms with E-state index in [4.69, 9.17) is 0 Å². The highest BCUT2D eigenvalue weighted by Gasteiger charge is 2.24. The average Bonchev–Trinajstić information content (AvgIpc) is 2.64. The highest BCUT2D eigenvalue weighted by Crippen LogP contribution is 2.27. The molecule has 1 fully saturated rings. The molecule has 0 spiro atoms. The van der Waals surface area contributed by atoms with Gasteiger partial charge < -0.3 is 26.2 Å². The van der Waals surface area contributed by atoms with Gasteiger partial charge >= 0.3 is 0 Å². The highest BCUT2D eigenvalue weighted by atomic mass is 19.1. The van der Waals surface area contributed by atoms with Crippen LogP contribution < -0.4 is 16.0 Å². The van der Waals surface area contributed by atoms with E-state index in [1.807, 2.05) is 0 Å². The summed E-state index contributed by atoms with van der Waals surface area (Å²) in [5.74, 6) is -2.14. The topological polar surface area (TPSA) is 119 Å². The van der Waals surface area contributed by atoms with E-state index in [2.05, 4.69) is 25.9 Å². The monoisotopic (exact) mass is 347 g/mol. The van der Waals surface area contributed by atoms with Crippen molar-refractivity contribution < 1.29 is 19.4 Å². The van der Waals surface area contributed by atoms with Crippen LogP contribution in [-0.4, -0.2) is 45.7 Å². The fourth-order valence-electron chi connectivity index (χ4n) is 2.48. The van der Waals surface area contributed by atoms with Crippen LogP contribution in [0.2, 0.25) is 0 Å². The second-order valence-electron chi connectivity index (χ2n) is 5.62. The van der Waals surface area contributed by atoms with Crippen molar-refractivity contribution in [3.8, 4) is 11.6 Å². The van der Waals surface area contributed by atoms with Crippen molar-refractivity contribution in [2.24, 2.45) is 0 Å². The molecule has 1 aliphatic heterocycles. The Morgan fingerprint density at radius 2 is 2.00 bits per heavy atom. The van der Waals surface area contributed by atoms with Gasteiger partial charge in [0, 0.05) is 26.2 Å². The molecule has 2 aromatic rings. The average molecular weight is 347 g/mol. The van der Waals surface area contributed by atoms with E-state index in [1.165, 1.54) is 24.3 Å². The molecule has 2 heterocycles.